The molecule has 0 heterocycles. The first-order chi connectivity index (χ1) is 5.26. The molecule has 0 saturated heterocycles. The van der Waals surface area contributed by atoms with Gasteiger partial charge in [0.25, 0.3) is 0 Å². The van der Waals surface area contributed by atoms with Crippen LogP contribution in [0.5, 0.6) is 0 Å². The van der Waals surface area contributed by atoms with Gasteiger partial charge >= 0.3 is 0 Å². The molecule has 0 nitrogen and oxygen atoms in total. The fourth-order valence-corrected chi connectivity index (χ4v) is 1.32. The zero-order valence-electron chi connectivity index (χ0n) is 8.69. The summed E-state index contributed by atoms with van der Waals surface area (Å²) >= 11 is 0. The summed E-state index contributed by atoms with van der Waals surface area (Å²) in [7, 11) is 0. The van der Waals surface area contributed by atoms with E-state index in [4.69, 9.17) is 0 Å². The molecule has 1 aliphatic rings. The number of hydrogen-bond donors (Lipinski definition) is 0. The molecular weight excluding hydrogens is 132 g/mol. The highest BCUT2D eigenvalue weighted by molar-refractivity contribution is 4.80. The van der Waals surface area contributed by atoms with Crippen molar-refractivity contribution in [2.75, 3.05) is 0 Å². The Balaban J connectivity index is 0.000000187. The second-order valence-corrected chi connectivity index (χ2v) is 3.73. The smallest absolute Gasteiger partial charge is 0.0388 e. The lowest BCUT2D eigenvalue weighted by atomic mass is 10.3. The van der Waals surface area contributed by atoms with Crippen molar-refractivity contribution < 1.29 is 0 Å². The summed E-state index contributed by atoms with van der Waals surface area (Å²) in [5.41, 5.74) is 0. The Morgan fingerprint density at radius 2 is 1.55 bits per heavy atom. The van der Waals surface area contributed by atoms with E-state index in [-0.39, 0.29) is 0 Å². The average Bonchev–Trinajstić information content (AvgIpc) is 2.69. The Kier molecular flexibility index (Phi) is 6.69. The molecule has 0 N–H and O–H groups in total. The third kappa shape index (κ3) is 6.40. The number of rotatable bonds is 3. The van der Waals surface area contributed by atoms with E-state index in [2.05, 4.69) is 27.7 Å². The molecule has 0 radical (unpaired) electrons. The second-order valence-electron chi connectivity index (χ2n) is 3.73. The summed E-state index contributed by atoms with van der Waals surface area (Å²) in [6.07, 6.45) is 6.98. The van der Waals surface area contributed by atoms with Crippen LogP contribution in [-0.2, 0) is 0 Å². The lowest BCUT2D eigenvalue weighted by molar-refractivity contribution is 0.724. The van der Waals surface area contributed by atoms with Gasteiger partial charge in [-0.05, 0) is 18.3 Å². The molecule has 1 rings (SSSR count). The quantitative estimate of drug-likeness (QED) is 0.573. The molecule has 0 heteroatoms. The molecule has 1 fully saturated rings. The summed E-state index contributed by atoms with van der Waals surface area (Å²) in [6.45, 7) is 9.02. The highest BCUT2D eigenvalue weighted by Gasteiger charge is 2.29. The van der Waals surface area contributed by atoms with E-state index in [1.54, 1.807) is 0 Å². The molecule has 0 amide bonds. The van der Waals surface area contributed by atoms with Crippen LogP contribution in [0.25, 0.3) is 0 Å². The molecule has 0 aromatic heterocycles. The molecule has 0 aromatic carbocycles. The van der Waals surface area contributed by atoms with Crippen LogP contribution in [0.1, 0.15) is 59.8 Å². The van der Waals surface area contributed by atoms with Crippen molar-refractivity contribution in [3.05, 3.63) is 0 Å². The van der Waals surface area contributed by atoms with Crippen molar-refractivity contribution in [2.24, 2.45) is 11.8 Å². The minimum atomic E-state index is 1.06. The van der Waals surface area contributed by atoms with Crippen LogP contribution in [0.3, 0.4) is 0 Å². The van der Waals surface area contributed by atoms with Crippen molar-refractivity contribution in [3.63, 3.8) is 0 Å². The SMILES string of the molecule is CCCCC.CC[C@@H]1CC1C. The fourth-order valence-electron chi connectivity index (χ4n) is 1.32. The van der Waals surface area contributed by atoms with Crippen LogP contribution in [0.4, 0.5) is 0 Å². The maximum atomic E-state index is 2.33. The van der Waals surface area contributed by atoms with E-state index in [1.807, 2.05) is 0 Å². The lowest BCUT2D eigenvalue weighted by Gasteiger charge is -1.79. The Morgan fingerprint density at radius 1 is 1.09 bits per heavy atom. The van der Waals surface area contributed by atoms with Gasteiger partial charge < -0.3 is 0 Å². The first kappa shape index (κ1) is 11.0. The van der Waals surface area contributed by atoms with Gasteiger partial charge in [0, 0.05) is 0 Å². The molecule has 1 saturated carbocycles. The monoisotopic (exact) mass is 156 g/mol. The normalized spacial score (nSPS) is 27.3. The summed E-state index contributed by atoms with van der Waals surface area (Å²) < 4.78 is 0. The average molecular weight is 156 g/mol. The number of hydrogen-bond acceptors (Lipinski definition) is 0. The summed E-state index contributed by atoms with van der Waals surface area (Å²) in [5, 5.41) is 0. The molecule has 68 valence electrons. The Bertz CT molecular complexity index is 72.1. The van der Waals surface area contributed by atoms with Gasteiger partial charge in [0.2, 0.25) is 0 Å². The maximum Gasteiger partial charge on any atom is -0.0388 e. The van der Waals surface area contributed by atoms with Gasteiger partial charge in [-0.2, -0.15) is 0 Å². The fraction of sp³-hybridized carbons (Fsp3) is 1.00. The molecule has 1 aliphatic carbocycles. The summed E-state index contributed by atoms with van der Waals surface area (Å²) in [5.74, 6) is 2.17. The minimum Gasteiger partial charge on any atom is -0.0654 e. The van der Waals surface area contributed by atoms with E-state index in [1.165, 1.54) is 32.1 Å². The summed E-state index contributed by atoms with van der Waals surface area (Å²) in [6, 6.07) is 0. The maximum absolute atomic E-state index is 2.33. The van der Waals surface area contributed by atoms with Gasteiger partial charge in [-0.3, -0.25) is 0 Å². The Morgan fingerprint density at radius 3 is 1.55 bits per heavy atom. The standard InChI is InChI=1S/C6H12.C5H12/c1-3-6-4-5(6)2;1-3-5-4-2/h5-6H,3-4H2,1-2H3;3-5H2,1-2H3/t5?,6-;/m1./s1. The molecule has 0 aliphatic heterocycles. The van der Waals surface area contributed by atoms with Crippen LogP contribution in [0.2, 0.25) is 0 Å². The highest BCUT2D eigenvalue weighted by Crippen LogP contribution is 2.39. The molecule has 1 unspecified atom stereocenters. The van der Waals surface area contributed by atoms with Gasteiger partial charge in [-0.25, -0.2) is 0 Å². The first-order valence-corrected chi connectivity index (χ1v) is 5.26. The largest absolute Gasteiger partial charge is 0.0654 e. The van der Waals surface area contributed by atoms with E-state index < -0.39 is 0 Å². The van der Waals surface area contributed by atoms with Crippen LogP contribution in [0.15, 0.2) is 0 Å². The van der Waals surface area contributed by atoms with Crippen molar-refractivity contribution in [1.82, 2.24) is 0 Å². The zero-order valence-corrected chi connectivity index (χ0v) is 8.69. The molecule has 11 heavy (non-hydrogen) atoms. The van der Waals surface area contributed by atoms with Gasteiger partial charge in [0.15, 0.2) is 0 Å². The third-order valence-corrected chi connectivity index (χ3v) is 2.51. The van der Waals surface area contributed by atoms with Crippen molar-refractivity contribution in [3.8, 4) is 0 Å². The first-order valence-electron chi connectivity index (χ1n) is 5.26. The van der Waals surface area contributed by atoms with Crippen LogP contribution in [-0.4, -0.2) is 0 Å². The van der Waals surface area contributed by atoms with Crippen LogP contribution < -0.4 is 0 Å². The van der Waals surface area contributed by atoms with Gasteiger partial charge in [-0.1, -0.05) is 53.4 Å². The van der Waals surface area contributed by atoms with Crippen LogP contribution in [0, 0.1) is 11.8 Å². The van der Waals surface area contributed by atoms with Gasteiger partial charge in [0.05, 0.1) is 0 Å². The Hall–Kier alpha value is 0. The van der Waals surface area contributed by atoms with E-state index in [0.717, 1.165) is 11.8 Å². The highest BCUT2D eigenvalue weighted by atomic mass is 14.3. The van der Waals surface area contributed by atoms with Gasteiger partial charge in [-0.15, -0.1) is 0 Å². The summed E-state index contributed by atoms with van der Waals surface area (Å²) in [4.78, 5) is 0. The van der Waals surface area contributed by atoms with E-state index >= 15 is 0 Å². The topological polar surface area (TPSA) is 0 Å². The molecule has 0 aromatic rings. The molecule has 0 spiro atoms. The van der Waals surface area contributed by atoms with Crippen LogP contribution >= 0.6 is 0 Å². The minimum absolute atomic E-state index is 1.06. The van der Waals surface area contributed by atoms with E-state index in [0.29, 0.717) is 0 Å². The predicted octanol–water partition coefficient (Wildman–Crippen LogP) is 4.25. The second kappa shape index (κ2) is 6.69. The van der Waals surface area contributed by atoms with E-state index in [9.17, 15) is 0 Å². The molecular formula is C11H24. The molecule has 2 atom stereocenters. The molecule has 0 bridgehead atoms. The number of unbranched alkanes of at least 4 members (excludes halogenated alkanes) is 2. The lowest BCUT2D eigenvalue weighted by Crippen LogP contribution is -1.68. The van der Waals surface area contributed by atoms with Crippen molar-refractivity contribution >= 4 is 0 Å². The Labute approximate surface area is 72.4 Å². The van der Waals surface area contributed by atoms with Crippen molar-refractivity contribution in [1.29, 1.82) is 0 Å². The van der Waals surface area contributed by atoms with Gasteiger partial charge in [0.1, 0.15) is 0 Å². The zero-order chi connectivity index (χ0) is 8.69. The predicted molar refractivity (Wildman–Crippen MR) is 52.8 cm³/mol. The van der Waals surface area contributed by atoms with Crippen molar-refractivity contribution in [2.45, 2.75) is 59.8 Å². The third-order valence-electron chi connectivity index (χ3n) is 2.51.